The zero-order valence-electron chi connectivity index (χ0n) is 11.6. The maximum atomic E-state index is 5.73. The highest BCUT2D eigenvalue weighted by Crippen LogP contribution is 2.20. The van der Waals surface area contributed by atoms with Crippen LogP contribution in [0.2, 0.25) is 0 Å². The van der Waals surface area contributed by atoms with Crippen LogP contribution in [-0.2, 0) is 0 Å². The Balaban J connectivity index is 2.17. The van der Waals surface area contributed by atoms with E-state index in [1.807, 2.05) is 31.2 Å². The van der Waals surface area contributed by atoms with E-state index in [1.165, 1.54) is 0 Å². The minimum atomic E-state index is 0.489. The van der Waals surface area contributed by atoms with E-state index >= 15 is 0 Å². The molecule has 0 radical (unpaired) electrons. The van der Waals surface area contributed by atoms with Gasteiger partial charge in [-0.1, -0.05) is 13.8 Å². The summed E-state index contributed by atoms with van der Waals surface area (Å²) in [5, 5.41) is 0. The average molecular weight is 257 g/mol. The number of rotatable bonds is 4. The van der Waals surface area contributed by atoms with E-state index in [9.17, 15) is 0 Å². The van der Waals surface area contributed by atoms with Gasteiger partial charge in [0.2, 0.25) is 0 Å². The summed E-state index contributed by atoms with van der Waals surface area (Å²) in [6, 6.07) is 9.51. The zero-order valence-corrected chi connectivity index (χ0v) is 11.6. The molecule has 0 bridgehead atoms. The lowest BCUT2D eigenvalue weighted by Crippen LogP contribution is -2.04. The van der Waals surface area contributed by atoms with Crippen LogP contribution in [0.25, 0.3) is 11.4 Å². The second-order valence-corrected chi connectivity index (χ2v) is 4.99. The summed E-state index contributed by atoms with van der Waals surface area (Å²) in [5.41, 5.74) is 7.53. The maximum Gasteiger partial charge on any atom is 0.161 e. The Bertz CT molecular complexity index is 530. The van der Waals surface area contributed by atoms with Gasteiger partial charge in [0.1, 0.15) is 11.6 Å². The molecule has 2 N–H and O–H groups in total. The van der Waals surface area contributed by atoms with Crippen LogP contribution in [0.4, 0.5) is 5.82 Å². The first-order valence-electron chi connectivity index (χ1n) is 6.39. The minimum Gasteiger partial charge on any atom is -0.493 e. The Hall–Kier alpha value is -2.10. The molecular formula is C15H19N3O. The van der Waals surface area contributed by atoms with Gasteiger partial charge in [-0.15, -0.1) is 0 Å². The number of anilines is 1. The summed E-state index contributed by atoms with van der Waals surface area (Å²) in [4.78, 5) is 8.61. The van der Waals surface area contributed by atoms with Crippen molar-refractivity contribution >= 4 is 5.82 Å². The van der Waals surface area contributed by atoms with Crippen molar-refractivity contribution in [1.29, 1.82) is 0 Å². The van der Waals surface area contributed by atoms with Crippen LogP contribution in [0.3, 0.4) is 0 Å². The van der Waals surface area contributed by atoms with E-state index < -0.39 is 0 Å². The molecule has 1 aromatic heterocycles. The third-order valence-electron chi connectivity index (χ3n) is 2.57. The molecule has 0 unspecified atom stereocenters. The highest BCUT2D eigenvalue weighted by Gasteiger charge is 2.04. The van der Waals surface area contributed by atoms with E-state index in [4.69, 9.17) is 10.5 Å². The predicted octanol–water partition coefficient (Wildman–Crippen LogP) is 3.07. The van der Waals surface area contributed by atoms with E-state index in [0.717, 1.165) is 17.0 Å². The van der Waals surface area contributed by atoms with E-state index in [1.54, 1.807) is 6.07 Å². The second kappa shape index (κ2) is 5.69. The minimum absolute atomic E-state index is 0.489. The molecule has 1 aromatic carbocycles. The van der Waals surface area contributed by atoms with Gasteiger partial charge in [0.05, 0.1) is 6.61 Å². The average Bonchev–Trinajstić information content (AvgIpc) is 2.36. The first kappa shape index (κ1) is 13.3. The van der Waals surface area contributed by atoms with Crippen molar-refractivity contribution in [3.8, 4) is 17.1 Å². The molecular weight excluding hydrogens is 238 g/mol. The molecule has 2 rings (SSSR count). The summed E-state index contributed by atoms with van der Waals surface area (Å²) in [6.45, 7) is 6.87. The number of nitrogen functional groups attached to an aromatic ring is 1. The van der Waals surface area contributed by atoms with Crippen LogP contribution in [-0.4, -0.2) is 16.6 Å². The molecule has 0 saturated carbocycles. The Morgan fingerprint density at radius 2 is 1.84 bits per heavy atom. The second-order valence-electron chi connectivity index (χ2n) is 4.99. The number of aromatic nitrogens is 2. The van der Waals surface area contributed by atoms with Gasteiger partial charge in [-0.3, -0.25) is 0 Å². The summed E-state index contributed by atoms with van der Waals surface area (Å²) in [5.74, 6) is 2.51. The van der Waals surface area contributed by atoms with Crippen molar-refractivity contribution in [2.45, 2.75) is 20.8 Å². The number of nitrogens with zero attached hydrogens (tertiary/aromatic N) is 2. The molecule has 0 atom stereocenters. The lowest BCUT2D eigenvalue weighted by atomic mass is 10.2. The summed E-state index contributed by atoms with van der Waals surface area (Å²) in [7, 11) is 0. The van der Waals surface area contributed by atoms with Gasteiger partial charge in [-0.05, 0) is 37.1 Å². The molecule has 1 heterocycles. The van der Waals surface area contributed by atoms with Gasteiger partial charge in [-0.2, -0.15) is 0 Å². The highest BCUT2D eigenvalue weighted by atomic mass is 16.5. The molecule has 2 aromatic rings. The third-order valence-corrected chi connectivity index (χ3v) is 2.57. The predicted molar refractivity (Wildman–Crippen MR) is 77.0 cm³/mol. The van der Waals surface area contributed by atoms with Gasteiger partial charge >= 0.3 is 0 Å². The number of hydrogen-bond donors (Lipinski definition) is 1. The first-order valence-corrected chi connectivity index (χ1v) is 6.39. The Kier molecular flexibility index (Phi) is 4.00. The Morgan fingerprint density at radius 3 is 2.42 bits per heavy atom. The fourth-order valence-electron chi connectivity index (χ4n) is 1.69. The van der Waals surface area contributed by atoms with Crippen LogP contribution in [0.15, 0.2) is 30.3 Å². The lowest BCUT2D eigenvalue weighted by molar-refractivity contribution is 0.271. The lowest BCUT2D eigenvalue weighted by Gasteiger charge is -2.09. The van der Waals surface area contributed by atoms with Crippen LogP contribution >= 0.6 is 0 Å². The molecule has 0 fully saturated rings. The molecule has 4 heteroatoms. The van der Waals surface area contributed by atoms with E-state index in [2.05, 4.69) is 23.8 Å². The molecule has 4 nitrogen and oxygen atoms in total. The van der Waals surface area contributed by atoms with Crippen LogP contribution in [0.5, 0.6) is 5.75 Å². The van der Waals surface area contributed by atoms with Crippen molar-refractivity contribution in [3.63, 3.8) is 0 Å². The monoisotopic (exact) mass is 257 g/mol. The summed E-state index contributed by atoms with van der Waals surface area (Å²) >= 11 is 0. The standard InChI is InChI=1S/C15H19N3O/c1-10(2)9-19-13-6-4-12(5-7-13)15-17-11(3)8-14(16)18-15/h4-8,10H,9H2,1-3H3,(H2,16,17,18). The Morgan fingerprint density at radius 1 is 1.16 bits per heavy atom. The molecule has 0 spiro atoms. The maximum absolute atomic E-state index is 5.73. The topological polar surface area (TPSA) is 61.0 Å². The van der Waals surface area contributed by atoms with Crippen molar-refractivity contribution in [2.75, 3.05) is 12.3 Å². The fraction of sp³-hybridized carbons (Fsp3) is 0.333. The molecule has 0 amide bonds. The van der Waals surface area contributed by atoms with Gasteiger partial charge in [0.25, 0.3) is 0 Å². The third kappa shape index (κ3) is 3.68. The largest absolute Gasteiger partial charge is 0.493 e. The number of hydrogen-bond acceptors (Lipinski definition) is 4. The Labute approximate surface area is 113 Å². The van der Waals surface area contributed by atoms with Crippen molar-refractivity contribution in [1.82, 2.24) is 9.97 Å². The van der Waals surface area contributed by atoms with E-state index in [0.29, 0.717) is 24.2 Å². The van der Waals surface area contributed by atoms with Crippen molar-refractivity contribution in [2.24, 2.45) is 5.92 Å². The number of nitrogens with two attached hydrogens (primary N) is 1. The first-order chi connectivity index (χ1) is 9.04. The number of aryl methyl sites for hydroxylation is 1. The van der Waals surface area contributed by atoms with Crippen molar-refractivity contribution < 1.29 is 4.74 Å². The smallest absolute Gasteiger partial charge is 0.161 e. The molecule has 100 valence electrons. The molecule has 0 aliphatic rings. The molecule has 0 aliphatic heterocycles. The van der Waals surface area contributed by atoms with E-state index in [-0.39, 0.29) is 0 Å². The van der Waals surface area contributed by atoms with Gasteiger partial charge < -0.3 is 10.5 Å². The molecule has 0 aliphatic carbocycles. The molecule has 19 heavy (non-hydrogen) atoms. The molecule has 0 saturated heterocycles. The van der Waals surface area contributed by atoms with Crippen LogP contribution < -0.4 is 10.5 Å². The van der Waals surface area contributed by atoms with Gasteiger partial charge in [0.15, 0.2) is 5.82 Å². The number of benzene rings is 1. The van der Waals surface area contributed by atoms with Crippen molar-refractivity contribution in [3.05, 3.63) is 36.0 Å². The van der Waals surface area contributed by atoms with Crippen LogP contribution in [0, 0.1) is 12.8 Å². The number of ether oxygens (including phenoxy) is 1. The van der Waals surface area contributed by atoms with Crippen LogP contribution in [0.1, 0.15) is 19.5 Å². The van der Waals surface area contributed by atoms with Gasteiger partial charge in [-0.25, -0.2) is 9.97 Å². The fourth-order valence-corrected chi connectivity index (χ4v) is 1.69. The SMILES string of the molecule is Cc1cc(N)nc(-c2ccc(OCC(C)C)cc2)n1. The quantitative estimate of drug-likeness (QED) is 0.914. The summed E-state index contributed by atoms with van der Waals surface area (Å²) < 4.78 is 5.64. The summed E-state index contributed by atoms with van der Waals surface area (Å²) in [6.07, 6.45) is 0. The normalized spacial score (nSPS) is 10.7. The van der Waals surface area contributed by atoms with Gasteiger partial charge in [0, 0.05) is 17.3 Å². The highest BCUT2D eigenvalue weighted by molar-refractivity contribution is 5.58. The zero-order chi connectivity index (χ0) is 13.8.